The summed E-state index contributed by atoms with van der Waals surface area (Å²) in [5.41, 5.74) is 3.62. The molecule has 0 fully saturated rings. The summed E-state index contributed by atoms with van der Waals surface area (Å²) in [6, 6.07) is 13.2. The van der Waals surface area contributed by atoms with Gasteiger partial charge in [-0.3, -0.25) is 9.59 Å². The van der Waals surface area contributed by atoms with Gasteiger partial charge in [-0.05, 0) is 42.7 Å². The van der Waals surface area contributed by atoms with Gasteiger partial charge in [0, 0.05) is 24.2 Å². The van der Waals surface area contributed by atoms with Crippen LogP contribution in [0.15, 0.2) is 42.5 Å². The van der Waals surface area contributed by atoms with Crippen LogP contribution in [0.2, 0.25) is 5.02 Å². The highest BCUT2D eigenvalue weighted by molar-refractivity contribution is 6.31. The average Bonchev–Trinajstić information content (AvgIpc) is 2.52. The lowest BCUT2D eigenvalue weighted by molar-refractivity contribution is -0.133. The van der Waals surface area contributed by atoms with Crippen molar-refractivity contribution in [3.05, 3.63) is 64.2 Å². The molecule has 24 heavy (non-hydrogen) atoms. The molecule has 0 unspecified atom stereocenters. The molecule has 1 N–H and O–H groups in total. The van der Waals surface area contributed by atoms with Gasteiger partial charge in [-0.2, -0.15) is 0 Å². The van der Waals surface area contributed by atoms with Crippen molar-refractivity contribution in [2.24, 2.45) is 0 Å². The molecule has 0 saturated carbocycles. The average molecular weight is 345 g/mol. The Morgan fingerprint density at radius 2 is 1.83 bits per heavy atom. The maximum Gasteiger partial charge on any atom is 0.244 e. The van der Waals surface area contributed by atoms with Gasteiger partial charge in [0.25, 0.3) is 0 Å². The van der Waals surface area contributed by atoms with Gasteiger partial charge in [0.1, 0.15) is 6.54 Å². The first-order chi connectivity index (χ1) is 11.4. The van der Waals surface area contributed by atoms with E-state index in [0.29, 0.717) is 11.6 Å². The minimum atomic E-state index is -0.231. The highest BCUT2D eigenvalue weighted by atomic mass is 35.5. The Labute approximate surface area is 147 Å². The van der Waals surface area contributed by atoms with Crippen LogP contribution in [-0.4, -0.2) is 23.3 Å². The van der Waals surface area contributed by atoms with E-state index in [1.807, 2.05) is 50.2 Å². The van der Waals surface area contributed by atoms with Crippen molar-refractivity contribution in [3.8, 4) is 0 Å². The number of anilines is 1. The fourth-order valence-electron chi connectivity index (χ4n) is 2.34. The molecule has 0 aliphatic carbocycles. The molecule has 0 aliphatic heterocycles. The van der Waals surface area contributed by atoms with Crippen molar-refractivity contribution in [1.29, 1.82) is 0 Å². The maximum atomic E-state index is 12.3. The van der Waals surface area contributed by atoms with E-state index in [0.717, 1.165) is 22.4 Å². The lowest BCUT2D eigenvalue weighted by Crippen LogP contribution is -2.36. The number of carbonyl (C=O) groups is 2. The van der Waals surface area contributed by atoms with E-state index in [9.17, 15) is 9.59 Å². The fourth-order valence-corrected chi connectivity index (χ4v) is 2.54. The third-order valence-corrected chi connectivity index (χ3v) is 4.13. The van der Waals surface area contributed by atoms with Crippen molar-refractivity contribution >= 4 is 29.1 Å². The third kappa shape index (κ3) is 4.83. The van der Waals surface area contributed by atoms with E-state index < -0.39 is 0 Å². The monoisotopic (exact) mass is 344 g/mol. The summed E-state index contributed by atoms with van der Waals surface area (Å²) in [4.78, 5) is 25.7. The molecule has 0 bridgehead atoms. The molecule has 2 aromatic carbocycles. The van der Waals surface area contributed by atoms with Crippen LogP contribution in [0, 0.1) is 13.8 Å². The predicted molar refractivity (Wildman–Crippen MR) is 97.1 cm³/mol. The van der Waals surface area contributed by atoms with E-state index in [2.05, 4.69) is 5.32 Å². The zero-order chi connectivity index (χ0) is 17.7. The van der Waals surface area contributed by atoms with Crippen LogP contribution < -0.4 is 5.32 Å². The third-order valence-electron chi connectivity index (χ3n) is 3.77. The first kappa shape index (κ1) is 18.0. The number of amides is 2. The number of nitrogens with one attached hydrogen (secondary N) is 1. The molecule has 5 heteroatoms. The number of halogens is 1. The number of rotatable bonds is 5. The maximum absolute atomic E-state index is 12.3. The Bertz CT molecular complexity index is 759. The SMILES string of the molecule is CC(=O)N(CC(=O)Nc1cc(C)ccc1C)Cc1ccccc1Cl. The Morgan fingerprint density at radius 3 is 2.50 bits per heavy atom. The van der Waals surface area contributed by atoms with Crippen LogP contribution in [0.4, 0.5) is 5.69 Å². The summed E-state index contributed by atoms with van der Waals surface area (Å²) in [5, 5.41) is 3.45. The Balaban J connectivity index is 2.07. The highest BCUT2D eigenvalue weighted by Gasteiger charge is 2.16. The van der Waals surface area contributed by atoms with Gasteiger partial charge in [-0.15, -0.1) is 0 Å². The quantitative estimate of drug-likeness (QED) is 0.893. The van der Waals surface area contributed by atoms with E-state index in [4.69, 9.17) is 11.6 Å². The van der Waals surface area contributed by atoms with Crippen LogP contribution in [0.25, 0.3) is 0 Å². The van der Waals surface area contributed by atoms with Crippen molar-refractivity contribution in [2.75, 3.05) is 11.9 Å². The molecule has 0 saturated heterocycles. The van der Waals surface area contributed by atoms with Crippen LogP contribution in [0.5, 0.6) is 0 Å². The summed E-state index contributed by atoms with van der Waals surface area (Å²) in [5.74, 6) is -0.406. The van der Waals surface area contributed by atoms with Gasteiger partial charge in [-0.1, -0.05) is 41.9 Å². The summed E-state index contributed by atoms with van der Waals surface area (Å²) in [6.07, 6.45) is 0. The lowest BCUT2D eigenvalue weighted by Gasteiger charge is -2.21. The molecule has 4 nitrogen and oxygen atoms in total. The van der Waals surface area contributed by atoms with Crippen LogP contribution >= 0.6 is 11.6 Å². The van der Waals surface area contributed by atoms with Crippen LogP contribution in [-0.2, 0) is 16.1 Å². The van der Waals surface area contributed by atoms with Crippen LogP contribution in [0.3, 0.4) is 0 Å². The minimum Gasteiger partial charge on any atom is -0.329 e. The molecule has 0 aliphatic rings. The molecule has 0 spiro atoms. The number of hydrogen-bond donors (Lipinski definition) is 1. The van der Waals surface area contributed by atoms with Gasteiger partial charge in [-0.25, -0.2) is 0 Å². The first-order valence-electron chi connectivity index (χ1n) is 7.73. The molecule has 126 valence electrons. The molecule has 2 rings (SSSR count). The molecule has 2 aromatic rings. The highest BCUT2D eigenvalue weighted by Crippen LogP contribution is 2.18. The van der Waals surface area contributed by atoms with Crippen molar-refractivity contribution < 1.29 is 9.59 Å². The minimum absolute atomic E-state index is 0.0199. The molecular formula is C19H21ClN2O2. The van der Waals surface area contributed by atoms with Crippen molar-refractivity contribution in [2.45, 2.75) is 27.3 Å². The van der Waals surface area contributed by atoms with E-state index in [-0.39, 0.29) is 18.4 Å². The summed E-state index contributed by atoms with van der Waals surface area (Å²) < 4.78 is 0. The number of hydrogen-bond acceptors (Lipinski definition) is 2. The zero-order valence-electron chi connectivity index (χ0n) is 14.1. The number of carbonyl (C=O) groups excluding carboxylic acids is 2. The molecular weight excluding hydrogens is 324 g/mol. The van der Waals surface area contributed by atoms with Gasteiger partial charge in [0.2, 0.25) is 11.8 Å². The van der Waals surface area contributed by atoms with Gasteiger partial charge >= 0.3 is 0 Å². The van der Waals surface area contributed by atoms with Gasteiger partial charge in [0.05, 0.1) is 0 Å². The normalized spacial score (nSPS) is 10.3. The largest absolute Gasteiger partial charge is 0.329 e. The van der Waals surface area contributed by atoms with Crippen molar-refractivity contribution in [3.63, 3.8) is 0 Å². The van der Waals surface area contributed by atoms with Crippen LogP contribution in [0.1, 0.15) is 23.6 Å². The Kier molecular flexibility index (Phi) is 5.99. The van der Waals surface area contributed by atoms with Crippen molar-refractivity contribution in [1.82, 2.24) is 4.90 Å². The second-order valence-corrected chi connectivity index (χ2v) is 6.24. The lowest BCUT2D eigenvalue weighted by atomic mass is 10.1. The Morgan fingerprint density at radius 1 is 1.12 bits per heavy atom. The summed E-state index contributed by atoms with van der Waals surface area (Å²) >= 11 is 6.14. The van der Waals surface area contributed by atoms with E-state index in [1.165, 1.54) is 11.8 Å². The first-order valence-corrected chi connectivity index (χ1v) is 8.10. The fraction of sp³-hybridized carbons (Fsp3) is 0.263. The second kappa shape index (κ2) is 7.97. The number of aryl methyl sites for hydroxylation is 2. The zero-order valence-corrected chi connectivity index (χ0v) is 14.9. The Hall–Kier alpha value is -2.33. The topological polar surface area (TPSA) is 49.4 Å². The molecule has 2 amide bonds. The molecule has 0 heterocycles. The number of nitrogens with zero attached hydrogens (tertiary/aromatic N) is 1. The summed E-state index contributed by atoms with van der Waals surface area (Å²) in [6.45, 7) is 5.63. The van der Waals surface area contributed by atoms with E-state index >= 15 is 0 Å². The summed E-state index contributed by atoms with van der Waals surface area (Å²) in [7, 11) is 0. The molecule has 0 aromatic heterocycles. The smallest absolute Gasteiger partial charge is 0.244 e. The molecule has 0 atom stereocenters. The molecule has 0 radical (unpaired) electrons. The standard InChI is InChI=1S/C19H21ClN2O2/c1-13-8-9-14(2)18(10-13)21-19(24)12-22(15(3)23)11-16-6-4-5-7-17(16)20/h4-10H,11-12H2,1-3H3,(H,21,24). The second-order valence-electron chi connectivity index (χ2n) is 5.83. The van der Waals surface area contributed by atoms with Gasteiger partial charge in [0.15, 0.2) is 0 Å². The predicted octanol–water partition coefficient (Wildman–Crippen LogP) is 3.94. The van der Waals surface area contributed by atoms with Gasteiger partial charge < -0.3 is 10.2 Å². The number of benzene rings is 2. The van der Waals surface area contributed by atoms with E-state index in [1.54, 1.807) is 6.07 Å².